The van der Waals surface area contributed by atoms with Crippen LogP contribution < -0.4 is 10.1 Å². The lowest BCUT2D eigenvalue weighted by Crippen LogP contribution is -2.30. The zero-order valence-electron chi connectivity index (χ0n) is 16.4. The van der Waals surface area contributed by atoms with Crippen LogP contribution in [-0.2, 0) is 9.53 Å². The van der Waals surface area contributed by atoms with Crippen LogP contribution in [0.3, 0.4) is 0 Å². The van der Waals surface area contributed by atoms with Gasteiger partial charge in [0.25, 0.3) is 5.91 Å². The Morgan fingerprint density at radius 1 is 0.964 bits per heavy atom. The van der Waals surface area contributed by atoms with Crippen LogP contribution in [0.15, 0.2) is 48.5 Å². The predicted molar refractivity (Wildman–Crippen MR) is 107 cm³/mol. The van der Waals surface area contributed by atoms with Gasteiger partial charge in [-0.15, -0.1) is 0 Å². The molecule has 0 saturated carbocycles. The highest BCUT2D eigenvalue weighted by molar-refractivity contribution is 5.96. The van der Waals surface area contributed by atoms with Crippen molar-refractivity contribution < 1.29 is 23.9 Å². The van der Waals surface area contributed by atoms with E-state index >= 15 is 0 Å². The fraction of sp³-hybridized carbons (Fsp3) is 0.318. The second-order valence-electron chi connectivity index (χ2n) is 6.40. The lowest BCUT2D eigenvalue weighted by atomic mass is 10.1. The summed E-state index contributed by atoms with van der Waals surface area (Å²) < 4.78 is 10.8. The molecule has 0 bridgehead atoms. The molecule has 1 atom stereocenters. The molecule has 148 valence electrons. The summed E-state index contributed by atoms with van der Waals surface area (Å²) in [6.07, 6.45) is 1.05. The Labute approximate surface area is 164 Å². The van der Waals surface area contributed by atoms with E-state index in [1.165, 1.54) is 6.92 Å². The van der Waals surface area contributed by atoms with Gasteiger partial charge in [0, 0.05) is 11.3 Å². The fourth-order valence-corrected chi connectivity index (χ4v) is 2.35. The molecular weight excluding hydrogens is 358 g/mol. The van der Waals surface area contributed by atoms with Gasteiger partial charge in [-0.2, -0.15) is 0 Å². The van der Waals surface area contributed by atoms with E-state index in [0.29, 0.717) is 29.2 Å². The third-order valence-corrected chi connectivity index (χ3v) is 4.06. The van der Waals surface area contributed by atoms with Gasteiger partial charge in [-0.05, 0) is 68.8 Å². The van der Waals surface area contributed by atoms with Crippen LogP contribution in [0.25, 0.3) is 0 Å². The van der Waals surface area contributed by atoms with Crippen LogP contribution in [0.4, 0.5) is 5.69 Å². The Hall–Kier alpha value is -3.15. The quantitative estimate of drug-likeness (QED) is 0.398. The molecule has 1 N–H and O–H groups in total. The standard InChI is InChI=1S/C22H25NO5/c1-4-5-14-27-22(26)18-8-12-20(13-9-18)28-16(3)21(25)23-19-10-6-17(7-11-19)15(2)24/h6-13,16H,4-5,14H2,1-3H3,(H,23,25)/t16-/m0/s1. The molecule has 0 radical (unpaired) electrons. The number of ketones is 1. The normalized spacial score (nSPS) is 11.4. The van der Waals surface area contributed by atoms with Crippen molar-refractivity contribution in [2.24, 2.45) is 0 Å². The maximum Gasteiger partial charge on any atom is 0.338 e. The van der Waals surface area contributed by atoms with Crippen LogP contribution >= 0.6 is 0 Å². The molecule has 6 nitrogen and oxygen atoms in total. The first-order chi connectivity index (χ1) is 13.4. The van der Waals surface area contributed by atoms with Gasteiger partial charge >= 0.3 is 5.97 Å². The number of benzene rings is 2. The van der Waals surface area contributed by atoms with Crippen molar-refractivity contribution in [3.05, 3.63) is 59.7 Å². The monoisotopic (exact) mass is 383 g/mol. The van der Waals surface area contributed by atoms with E-state index in [4.69, 9.17) is 9.47 Å². The van der Waals surface area contributed by atoms with Crippen molar-refractivity contribution in [3.8, 4) is 5.75 Å². The van der Waals surface area contributed by atoms with Crippen molar-refractivity contribution in [1.29, 1.82) is 0 Å². The molecule has 0 aliphatic rings. The maximum atomic E-state index is 12.3. The van der Waals surface area contributed by atoms with E-state index in [2.05, 4.69) is 5.32 Å². The Kier molecular flexibility index (Phi) is 7.75. The highest BCUT2D eigenvalue weighted by Crippen LogP contribution is 2.16. The summed E-state index contributed by atoms with van der Waals surface area (Å²) in [5, 5.41) is 2.74. The molecule has 0 aliphatic carbocycles. The molecule has 1 amide bonds. The zero-order valence-corrected chi connectivity index (χ0v) is 16.4. The smallest absolute Gasteiger partial charge is 0.338 e. The van der Waals surface area contributed by atoms with Gasteiger partial charge in [0.2, 0.25) is 0 Å². The molecule has 2 aromatic carbocycles. The van der Waals surface area contributed by atoms with E-state index < -0.39 is 6.10 Å². The van der Waals surface area contributed by atoms with Crippen LogP contribution in [0, 0.1) is 0 Å². The minimum atomic E-state index is -0.741. The first kappa shape index (κ1) is 21.2. The van der Waals surface area contributed by atoms with Crippen molar-refractivity contribution >= 4 is 23.3 Å². The highest BCUT2D eigenvalue weighted by atomic mass is 16.5. The second-order valence-corrected chi connectivity index (χ2v) is 6.40. The number of carbonyl (C=O) groups excluding carboxylic acids is 3. The topological polar surface area (TPSA) is 81.7 Å². The number of rotatable bonds is 9. The first-order valence-corrected chi connectivity index (χ1v) is 9.26. The van der Waals surface area contributed by atoms with Gasteiger partial charge in [-0.1, -0.05) is 13.3 Å². The zero-order chi connectivity index (χ0) is 20.5. The Balaban J connectivity index is 1.89. The van der Waals surface area contributed by atoms with Crippen LogP contribution in [0.5, 0.6) is 5.75 Å². The molecule has 0 aromatic heterocycles. The second kappa shape index (κ2) is 10.3. The molecule has 2 aromatic rings. The van der Waals surface area contributed by atoms with E-state index in [-0.39, 0.29) is 17.7 Å². The van der Waals surface area contributed by atoms with Crippen LogP contribution in [0.1, 0.15) is 54.3 Å². The molecule has 0 aliphatic heterocycles. The summed E-state index contributed by atoms with van der Waals surface area (Å²) in [7, 11) is 0. The van der Waals surface area contributed by atoms with E-state index in [0.717, 1.165) is 12.8 Å². The Bertz CT molecular complexity index is 812. The van der Waals surface area contributed by atoms with E-state index in [1.54, 1.807) is 55.5 Å². The number of hydrogen-bond donors (Lipinski definition) is 1. The summed E-state index contributed by atoms with van der Waals surface area (Å²) >= 11 is 0. The molecule has 28 heavy (non-hydrogen) atoms. The largest absolute Gasteiger partial charge is 0.481 e. The SMILES string of the molecule is CCCCOC(=O)c1ccc(O[C@@H](C)C(=O)Nc2ccc(C(C)=O)cc2)cc1. The number of amides is 1. The number of unbranched alkanes of at least 4 members (excludes halogenated alkanes) is 1. The van der Waals surface area contributed by atoms with Gasteiger partial charge < -0.3 is 14.8 Å². The number of nitrogens with one attached hydrogen (secondary N) is 1. The summed E-state index contributed by atoms with van der Waals surface area (Å²) in [5.41, 5.74) is 1.59. The lowest BCUT2D eigenvalue weighted by molar-refractivity contribution is -0.122. The summed E-state index contributed by atoms with van der Waals surface area (Å²) in [6.45, 7) is 5.54. The number of esters is 1. The van der Waals surface area contributed by atoms with Gasteiger partial charge in [-0.25, -0.2) is 4.79 Å². The van der Waals surface area contributed by atoms with Crippen molar-refractivity contribution in [2.75, 3.05) is 11.9 Å². The molecule has 0 spiro atoms. The predicted octanol–water partition coefficient (Wildman–Crippen LogP) is 4.25. The molecule has 0 saturated heterocycles. The van der Waals surface area contributed by atoms with Gasteiger partial charge in [0.1, 0.15) is 5.75 Å². The average Bonchev–Trinajstić information content (AvgIpc) is 2.69. The van der Waals surface area contributed by atoms with E-state index in [1.807, 2.05) is 6.92 Å². The Morgan fingerprint density at radius 2 is 1.57 bits per heavy atom. The van der Waals surface area contributed by atoms with Gasteiger partial charge in [0.15, 0.2) is 11.9 Å². The molecule has 0 heterocycles. The molecule has 6 heteroatoms. The third-order valence-electron chi connectivity index (χ3n) is 4.06. The van der Waals surface area contributed by atoms with Crippen LogP contribution in [-0.4, -0.2) is 30.4 Å². The third kappa shape index (κ3) is 6.23. The van der Waals surface area contributed by atoms with Crippen molar-refractivity contribution in [3.63, 3.8) is 0 Å². The minimum Gasteiger partial charge on any atom is -0.481 e. The molecule has 0 unspecified atom stereocenters. The average molecular weight is 383 g/mol. The number of ether oxygens (including phenoxy) is 2. The first-order valence-electron chi connectivity index (χ1n) is 9.26. The molecular formula is C22H25NO5. The lowest BCUT2D eigenvalue weighted by Gasteiger charge is -2.15. The van der Waals surface area contributed by atoms with E-state index in [9.17, 15) is 14.4 Å². The van der Waals surface area contributed by atoms with Gasteiger partial charge in [0.05, 0.1) is 12.2 Å². The number of hydrogen-bond acceptors (Lipinski definition) is 5. The number of carbonyl (C=O) groups is 3. The minimum absolute atomic E-state index is 0.0349. The number of Topliss-reactive ketones (excluding diaryl/α,β-unsaturated/α-hetero) is 1. The molecule has 0 fully saturated rings. The summed E-state index contributed by atoms with van der Waals surface area (Å²) in [6, 6.07) is 13.1. The number of anilines is 1. The Morgan fingerprint density at radius 3 is 2.14 bits per heavy atom. The summed E-state index contributed by atoms with van der Waals surface area (Å²) in [5.74, 6) is -0.259. The van der Waals surface area contributed by atoms with Crippen LogP contribution in [0.2, 0.25) is 0 Å². The highest BCUT2D eigenvalue weighted by Gasteiger charge is 2.15. The van der Waals surface area contributed by atoms with Crippen molar-refractivity contribution in [2.45, 2.75) is 39.7 Å². The van der Waals surface area contributed by atoms with Gasteiger partial charge in [-0.3, -0.25) is 9.59 Å². The molecule has 2 rings (SSSR count). The maximum absolute atomic E-state index is 12.3. The fourth-order valence-electron chi connectivity index (χ4n) is 2.35. The van der Waals surface area contributed by atoms with Crippen molar-refractivity contribution in [1.82, 2.24) is 0 Å². The summed E-state index contributed by atoms with van der Waals surface area (Å²) in [4.78, 5) is 35.4.